The standard InChI is InChI=1S/C9H12N4O2/c1-9(5-14,6-15)13-8-11-3-2-7(4-10)12-8/h2-3,14-15H,5-6H2,1H3,(H,11,12,13). The van der Waals surface area contributed by atoms with Crippen LogP contribution in [0, 0.1) is 11.3 Å². The molecule has 6 nitrogen and oxygen atoms in total. The summed E-state index contributed by atoms with van der Waals surface area (Å²) in [4.78, 5) is 7.74. The second kappa shape index (κ2) is 4.68. The van der Waals surface area contributed by atoms with Crippen molar-refractivity contribution in [1.82, 2.24) is 9.97 Å². The summed E-state index contributed by atoms with van der Waals surface area (Å²) in [6.07, 6.45) is 1.43. The van der Waals surface area contributed by atoms with E-state index in [4.69, 9.17) is 15.5 Å². The van der Waals surface area contributed by atoms with E-state index < -0.39 is 5.54 Å². The van der Waals surface area contributed by atoms with Crippen LogP contribution in [-0.4, -0.2) is 38.9 Å². The minimum Gasteiger partial charge on any atom is -0.394 e. The Balaban J connectivity index is 2.85. The zero-order valence-electron chi connectivity index (χ0n) is 8.30. The van der Waals surface area contributed by atoms with Gasteiger partial charge >= 0.3 is 0 Å². The number of nitrogens with zero attached hydrogens (tertiary/aromatic N) is 3. The minimum absolute atomic E-state index is 0.208. The van der Waals surface area contributed by atoms with Crippen LogP contribution in [0.5, 0.6) is 0 Å². The van der Waals surface area contributed by atoms with E-state index in [0.717, 1.165) is 0 Å². The number of hydrogen-bond donors (Lipinski definition) is 3. The van der Waals surface area contributed by atoms with Gasteiger partial charge in [0.05, 0.1) is 18.8 Å². The maximum Gasteiger partial charge on any atom is 0.224 e. The Labute approximate surface area is 87.2 Å². The van der Waals surface area contributed by atoms with Crippen molar-refractivity contribution < 1.29 is 10.2 Å². The lowest BCUT2D eigenvalue weighted by Gasteiger charge is -2.25. The summed E-state index contributed by atoms with van der Waals surface area (Å²) >= 11 is 0. The number of rotatable bonds is 4. The topological polar surface area (TPSA) is 102 Å². The van der Waals surface area contributed by atoms with E-state index in [-0.39, 0.29) is 24.9 Å². The van der Waals surface area contributed by atoms with Gasteiger partial charge in [-0.05, 0) is 13.0 Å². The third kappa shape index (κ3) is 2.87. The number of aliphatic hydroxyl groups excluding tert-OH is 2. The van der Waals surface area contributed by atoms with Crippen molar-refractivity contribution in [1.29, 1.82) is 5.26 Å². The van der Waals surface area contributed by atoms with Gasteiger partial charge in [-0.25, -0.2) is 9.97 Å². The van der Waals surface area contributed by atoms with E-state index in [1.54, 1.807) is 6.92 Å². The van der Waals surface area contributed by atoms with Crippen molar-refractivity contribution >= 4 is 5.95 Å². The van der Waals surface area contributed by atoms with Gasteiger partial charge in [-0.15, -0.1) is 0 Å². The monoisotopic (exact) mass is 208 g/mol. The highest BCUT2D eigenvalue weighted by Crippen LogP contribution is 2.09. The van der Waals surface area contributed by atoms with Crippen LogP contribution in [0.25, 0.3) is 0 Å². The molecule has 0 fully saturated rings. The molecule has 3 N–H and O–H groups in total. The van der Waals surface area contributed by atoms with Gasteiger partial charge in [-0.1, -0.05) is 0 Å². The number of nitrogens with one attached hydrogen (secondary N) is 1. The Hall–Kier alpha value is -1.71. The fourth-order valence-electron chi connectivity index (χ4n) is 0.880. The SMILES string of the molecule is CC(CO)(CO)Nc1nccc(C#N)n1. The van der Waals surface area contributed by atoms with Gasteiger partial charge in [0.2, 0.25) is 5.95 Å². The van der Waals surface area contributed by atoms with Crippen molar-refractivity contribution in [3.05, 3.63) is 18.0 Å². The quantitative estimate of drug-likeness (QED) is 0.616. The minimum atomic E-state index is -0.895. The summed E-state index contributed by atoms with van der Waals surface area (Å²) in [7, 11) is 0. The van der Waals surface area contributed by atoms with Crippen molar-refractivity contribution in [2.45, 2.75) is 12.5 Å². The molecule has 0 aromatic carbocycles. The normalized spacial score (nSPS) is 10.8. The summed E-state index contributed by atoms with van der Waals surface area (Å²) in [5.74, 6) is 0.208. The number of hydrogen-bond acceptors (Lipinski definition) is 6. The van der Waals surface area contributed by atoms with Crippen molar-refractivity contribution in [2.75, 3.05) is 18.5 Å². The van der Waals surface area contributed by atoms with E-state index in [1.807, 2.05) is 6.07 Å². The largest absolute Gasteiger partial charge is 0.394 e. The average molecular weight is 208 g/mol. The van der Waals surface area contributed by atoms with Crippen LogP contribution in [0.15, 0.2) is 12.3 Å². The second-order valence-corrected chi connectivity index (χ2v) is 3.38. The first kappa shape index (κ1) is 11.4. The zero-order valence-corrected chi connectivity index (χ0v) is 8.30. The molecule has 6 heteroatoms. The van der Waals surface area contributed by atoms with Gasteiger partial charge in [0, 0.05) is 6.20 Å². The van der Waals surface area contributed by atoms with Gasteiger partial charge in [0.25, 0.3) is 0 Å². The van der Waals surface area contributed by atoms with Crippen molar-refractivity contribution in [3.8, 4) is 6.07 Å². The molecular formula is C9H12N4O2. The molecule has 0 atom stereocenters. The van der Waals surface area contributed by atoms with Crippen LogP contribution in [0.3, 0.4) is 0 Å². The summed E-state index contributed by atoms with van der Waals surface area (Å²) in [6, 6.07) is 3.35. The molecule has 0 aliphatic carbocycles. The molecule has 0 radical (unpaired) electrons. The highest BCUT2D eigenvalue weighted by atomic mass is 16.3. The Bertz CT molecular complexity index is 371. The molecule has 0 saturated carbocycles. The van der Waals surface area contributed by atoms with Crippen LogP contribution in [0.1, 0.15) is 12.6 Å². The molecule has 0 unspecified atom stereocenters. The molecule has 1 aromatic rings. The van der Waals surface area contributed by atoms with E-state index in [1.165, 1.54) is 12.3 Å². The van der Waals surface area contributed by atoms with Gasteiger partial charge in [-0.3, -0.25) is 0 Å². The molecule has 15 heavy (non-hydrogen) atoms. The lowest BCUT2D eigenvalue weighted by Crippen LogP contribution is -2.43. The van der Waals surface area contributed by atoms with Gasteiger partial charge in [0.15, 0.2) is 0 Å². The number of aromatic nitrogens is 2. The second-order valence-electron chi connectivity index (χ2n) is 3.38. The molecule has 1 rings (SSSR count). The summed E-state index contributed by atoms with van der Waals surface area (Å²) in [5.41, 5.74) is -0.667. The Kier molecular flexibility index (Phi) is 3.55. The van der Waals surface area contributed by atoms with Gasteiger partial charge in [-0.2, -0.15) is 5.26 Å². The molecule has 0 bridgehead atoms. The van der Waals surface area contributed by atoms with Crippen LogP contribution in [-0.2, 0) is 0 Å². The van der Waals surface area contributed by atoms with Crippen LogP contribution in [0.4, 0.5) is 5.95 Å². The van der Waals surface area contributed by atoms with E-state index >= 15 is 0 Å². The summed E-state index contributed by atoms with van der Waals surface area (Å²) in [6.45, 7) is 1.10. The number of anilines is 1. The summed E-state index contributed by atoms with van der Waals surface area (Å²) in [5, 5.41) is 29.4. The van der Waals surface area contributed by atoms with E-state index in [2.05, 4.69) is 15.3 Å². The van der Waals surface area contributed by atoms with Crippen LogP contribution >= 0.6 is 0 Å². The first-order valence-electron chi connectivity index (χ1n) is 4.36. The maximum atomic E-state index is 9.03. The Morgan fingerprint density at radius 3 is 2.73 bits per heavy atom. The smallest absolute Gasteiger partial charge is 0.224 e. The lowest BCUT2D eigenvalue weighted by atomic mass is 10.1. The Morgan fingerprint density at radius 2 is 2.20 bits per heavy atom. The van der Waals surface area contributed by atoms with Crippen molar-refractivity contribution in [2.24, 2.45) is 0 Å². The zero-order chi connectivity index (χ0) is 11.3. The maximum absolute atomic E-state index is 9.03. The van der Waals surface area contributed by atoms with Gasteiger partial charge in [0.1, 0.15) is 11.8 Å². The molecule has 0 aliphatic rings. The molecule has 0 aliphatic heterocycles. The highest BCUT2D eigenvalue weighted by Gasteiger charge is 2.22. The fourth-order valence-corrected chi connectivity index (χ4v) is 0.880. The molecule has 0 amide bonds. The van der Waals surface area contributed by atoms with E-state index in [9.17, 15) is 0 Å². The molecular weight excluding hydrogens is 196 g/mol. The van der Waals surface area contributed by atoms with Crippen LogP contribution in [0.2, 0.25) is 0 Å². The lowest BCUT2D eigenvalue weighted by molar-refractivity contribution is 0.147. The van der Waals surface area contributed by atoms with Gasteiger partial charge < -0.3 is 15.5 Å². The molecule has 80 valence electrons. The fraction of sp³-hybridized carbons (Fsp3) is 0.444. The predicted molar refractivity (Wildman–Crippen MR) is 52.9 cm³/mol. The van der Waals surface area contributed by atoms with Crippen molar-refractivity contribution in [3.63, 3.8) is 0 Å². The first-order valence-corrected chi connectivity index (χ1v) is 4.36. The third-order valence-corrected chi connectivity index (χ3v) is 1.88. The average Bonchev–Trinajstić information content (AvgIpc) is 2.29. The highest BCUT2D eigenvalue weighted by molar-refractivity contribution is 5.33. The molecule has 1 heterocycles. The van der Waals surface area contributed by atoms with Crippen LogP contribution < -0.4 is 5.32 Å². The molecule has 0 spiro atoms. The Morgan fingerprint density at radius 1 is 1.53 bits per heavy atom. The molecule has 1 aromatic heterocycles. The summed E-state index contributed by atoms with van der Waals surface area (Å²) < 4.78 is 0. The van der Waals surface area contributed by atoms with E-state index in [0.29, 0.717) is 0 Å². The predicted octanol–water partition coefficient (Wildman–Crippen LogP) is -0.497. The number of aliphatic hydroxyl groups is 2. The first-order chi connectivity index (χ1) is 7.13. The number of nitriles is 1. The third-order valence-electron chi connectivity index (χ3n) is 1.88. The molecule has 0 saturated heterocycles.